The molecule has 0 unspecified atom stereocenters. The van der Waals surface area contributed by atoms with E-state index in [0.717, 1.165) is 53.2 Å². The molecule has 0 radical (unpaired) electrons. The monoisotopic (exact) mass is 455 g/mol. The van der Waals surface area contributed by atoms with Crippen LogP contribution < -0.4 is 19.9 Å². The van der Waals surface area contributed by atoms with Crippen molar-refractivity contribution in [3.05, 3.63) is 28.3 Å². The van der Waals surface area contributed by atoms with Crippen molar-refractivity contribution in [3.63, 3.8) is 0 Å². The summed E-state index contributed by atoms with van der Waals surface area (Å²) >= 11 is 1.49. The topological polar surface area (TPSA) is 60.9 Å². The van der Waals surface area contributed by atoms with Crippen molar-refractivity contribution in [3.8, 4) is 5.75 Å². The summed E-state index contributed by atoms with van der Waals surface area (Å²) in [7, 11) is 4.41. The Kier molecular flexibility index (Phi) is 5.33. The quantitative estimate of drug-likeness (QED) is 0.764. The molecule has 2 aromatic rings. The van der Waals surface area contributed by atoms with Gasteiger partial charge in [-0.3, -0.25) is 4.79 Å². The van der Waals surface area contributed by atoms with Crippen LogP contribution in [0, 0.1) is 6.92 Å². The zero-order valence-corrected chi connectivity index (χ0v) is 20.5. The third-order valence-electron chi connectivity index (χ3n) is 6.94. The standard InChI is InChI=1S/C24H33N5O2S/c1-15-12-19-20(13-18(15)28(5)16-6-8-27(4)9-7-16)31-11-10-29(19)23-25-17-14-24(2,3)26-22(30)21(17)32-23/h12-13,16H,6-11,14H2,1-5H3,(H,26,30). The molecule has 0 bridgehead atoms. The minimum atomic E-state index is -0.262. The molecule has 0 atom stereocenters. The van der Waals surface area contributed by atoms with Crippen molar-refractivity contribution >= 4 is 33.8 Å². The highest BCUT2D eigenvalue weighted by atomic mass is 32.1. The zero-order valence-electron chi connectivity index (χ0n) is 19.7. The second kappa shape index (κ2) is 7.92. The summed E-state index contributed by atoms with van der Waals surface area (Å²) in [6.45, 7) is 9.88. The number of piperidine rings is 1. The fourth-order valence-electron chi connectivity index (χ4n) is 5.09. The number of aryl methyl sites for hydroxylation is 1. The van der Waals surface area contributed by atoms with Gasteiger partial charge in [0.15, 0.2) is 5.13 Å². The fraction of sp³-hybridized carbons (Fsp3) is 0.583. The van der Waals surface area contributed by atoms with Crippen molar-refractivity contribution in [2.45, 2.75) is 51.6 Å². The van der Waals surface area contributed by atoms with Gasteiger partial charge in [0, 0.05) is 36.8 Å². The number of thiazole rings is 1. The van der Waals surface area contributed by atoms with Gasteiger partial charge < -0.3 is 24.8 Å². The van der Waals surface area contributed by atoms with E-state index in [1.165, 1.54) is 35.4 Å². The van der Waals surface area contributed by atoms with Crippen LogP contribution in [0.2, 0.25) is 0 Å². The third kappa shape index (κ3) is 3.83. The number of fused-ring (bicyclic) bond motifs is 2. The van der Waals surface area contributed by atoms with Gasteiger partial charge in [-0.1, -0.05) is 11.3 Å². The van der Waals surface area contributed by atoms with E-state index >= 15 is 0 Å². The minimum Gasteiger partial charge on any atom is -0.489 e. The van der Waals surface area contributed by atoms with E-state index in [1.807, 2.05) is 13.8 Å². The van der Waals surface area contributed by atoms with Gasteiger partial charge in [0.05, 0.1) is 17.9 Å². The first kappa shape index (κ1) is 21.5. The average Bonchev–Trinajstić information content (AvgIpc) is 3.16. The lowest BCUT2D eigenvalue weighted by molar-refractivity contribution is 0.0901. The number of rotatable bonds is 3. The van der Waals surface area contributed by atoms with Crippen LogP contribution >= 0.6 is 11.3 Å². The van der Waals surface area contributed by atoms with Crippen molar-refractivity contribution in [1.82, 2.24) is 15.2 Å². The smallest absolute Gasteiger partial charge is 0.263 e. The molecule has 0 saturated carbocycles. The number of anilines is 3. The summed E-state index contributed by atoms with van der Waals surface area (Å²) in [6, 6.07) is 4.97. The molecule has 5 rings (SSSR count). The lowest BCUT2D eigenvalue weighted by Crippen LogP contribution is -2.48. The van der Waals surface area contributed by atoms with Gasteiger partial charge in [0.1, 0.15) is 17.2 Å². The molecule has 1 fully saturated rings. The molecule has 172 valence electrons. The molecule has 7 nitrogen and oxygen atoms in total. The summed E-state index contributed by atoms with van der Waals surface area (Å²) in [4.78, 5) is 25.3. The van der Waals surface area contributed by atoms with Crippen LogP contribution in [0.4, 0.5) is 16.5 Å². The van der Waals surface area contributed by atoms with Gasteiger partial charge in [0.25, 0.3) is 5.91 Å². The summed E-state index contributed by atoms with van der Waals surface area (Å²) < 4.78 is 6.10. The van der Waals surface area contributed by atoms with Gasteiger partial charge in [-0.2, -0.15) is 0 Å². The molecule has 1 saturated heterocycles. The van der Waals surface area contributed by atoms with E-state index in [1.54, 1.807) is 0 Å². The normalized spacial score (nSPS) is 20.9. The molecule has 0 spiro atoms. The zero-order chi connectivity index (χ0) is 22.6. The van der Waals surface area contributed by atoms with Crippen LogP contribution in [0.25, 0.3) is 0 Å². The summed E-state index contributed by atoms with van der Waals surface area (Å²) in [6.07, 6.45) is 3.11. The number of hydrogen-bond acceptors (Lipinski definition) is 7. The molecular weight excluding hydrogens is 422 g/mol. The molecule has 32 heavy (non-hydrogen) atoms. The van der Waals surface area contributed by atoms with E-state index in [0.29, 0.717) is 12.6 Å². The number of hydrogen-bond donors (Lipinski definition) is 1. The molecule has 1 N–H and O–H groups in total. The second-order valence-corrected chi connectivity index (χ2v) is 11.0. The van der Waals surface area contributed by atoms with Gasteiger partial charge in [0.2, 0.25) is 0 Å². The Hall–Kier alpha value is -2.32. The molecular formula is C24H33N5O2S. The van der Waals surface area contributed by atoms with Crippen LogP contribution in [0.15, 0.2) is 12.1 Å². The van der Waals surface area contributed by atoms with Crippen molar-refractivity contribution in [2.75, 3.05) is 50.1 Å². The maximum atomic E-state index is 12.6. The average molecular weight is 456 g/mol. The van der Waals surface area contributed by atoms with Crippen molar-refractivity contribution in [2.24, 2.45) is 0 Å². The van der Waals surface area contributed by atoms with Crippen LogP contribution in [-0.2, 0) is 6.42 Å². The van der Waals surface area contributed by atoms with Crippen LogP contribution in [-0.4, -0.2) is 67.7 Å². The van der Waals surface area contributed by atoms with Gasteiger partial charge in [-0.05, 0) is 65.4 Å². The highest BCUT2D eigenvalue weighted by Crippen LogP contribution is 2.43. The number of aromatic nitrogens is 1. The first-order valence-corrected chi connectivity index (χ1v) is 12.3. The highest BCUT2D eigenvalue weighted by Gasteiger charge is 2.35. The van der Waals surface area contributed by atoms with Crippen LogP contribution in [0.5, 0.6) is 5.75 Å². The van der Waals surface area contributed by atoms with Crippen molar-refractivity contribution in [1.29, 1.82) is 0 Å². The van der Waals surface area contributed by atoms with Crippen LogP contribution in [0.3, 0.4) is 0 Å². The van der Waals surface area contributed by atoms with Crippen LogP contribution in [0.1, 0.15) is 47.6 Å². The molecule has 1 aromatic carbocycles. The largest absolute Gasteiger partial charge is 0.489 e. The second-order valence-electron chi connectivity index (χ2n) is 10.0. The number of ether oxygens (including phenoxy) is 1. The molecule has 3 aliphatic heterocycles. The predicted molar refractivity (Wildman–Crippen MR) is 130 cm³/mol. The fourth-order valence-corrected chi connectivity index (χ4v) is 6.11. The highest BCUT2D eigenvalue weighted by molar-refractivity contribution is 7.17. The predicted octanol–water partition coefficient (Wildman–Crippen LogP) is 3.58. The number of carbonyl (C=O) groups excluding carboxylic acids is 1. The number of likely N-dealkylation sites (tertiary alicyclic amines) is 1. The molecule has 4 heterocycles. The Morgan fingerprint density at radius 2 is 2.00 bits per heavy atom. The van der Waals surface area contributed by atoms with Gasteiger partial charge >= 0.3 is 0 Å². The summed E-state index contributed by atoms with van der Waals surface area (Å²) in [5, 5.41) is 3.97. The lowest BCUT2D eigenvalue weighted by Gasteiger charge is -2.38. The first-order chi connectivity index (χ1) is 15.2. The Morgan fingerprint density at radius 1 is 1.25 bits per heavy atom. The van der Waals surface area contributed by atoms with E-state index in [2.05, 4.69) is 53.2 Å². The Balaban J connectivity index is 1.45. The first-order valence-electron chi connectivity index (χ1n) is 11.5. The third-order valence-corrected chi connectivity index (χ3v) is 8.06. The number of nitrogens with one attached hydrogen (secondary N) is 1. The SMILES string of the molecule is Cc1cc2c(cc1N(C)C1CCN(C)CC1)OCCN2c1nc2c(s1)C(=O)NC(C)(C)C2. The van der Waals surface area contributed by atoms with Gasteiger partial charge in [-0.25, -0.2) is 4.98 Å². The number of carbonyl (C=O) groups is 1. The molecule has 3 aliphatic rings. The maximum Gasteiger partial charge on any atom is 0.263 e. The Morgan fingerprint density at radius 3 is 2.75 bits per heavy atom. The van der Waals surface area contributed by atoms with E-state index in [-0.39, 0.29) is 11.4 Å². The number of nitrogens with zero attached hydrogens (tertiary/aromatic N) is 4. The molecule has 8 heteroatoms. The van der Waals surface area contributed by atoms with E-state index in [9.17, 15) is 4.79 Å². The Bertz CT molecular complexity index is 1040. The lowest BCUT2D eigenvalue weighted by atomic mass is 9.94. The summed E-state index contributed by atoms with van der Waals surface area (Å²) in [5.74, 6) is 0.884. The van der Waals surface area contributed by atoms with Crippen molar-refractivity contribution < 1.29 is 9.53 Å². The van der Waals surface area contributed by atoms with E-state index < -0.39 is 0 Å². The number of amides is 1. The van der Waals surface area contributed by atoms with Gasteiger partial charge in [-0.15, -0.1) is 0 Å². The molecule has 1 amide bonds. The summed E-state index contributed by atoms with van der Waals surface area (Å²) in [5.41, 5.74) is 4.16. The molecule has 0 aliphatic carbocycles. The number of benzene rings is 1. The Labute approximate surface area is 194 Å². The minimum absolute atomic E-state index is 0.0141. The van der Waals surface area contributed by atoms with E-state index in [4.69, 9.17) is 9.72 Å². The maximum absolute atomic E-state index is 12.6. The molecule has 1 aromatic heterocycles.